The first-order valence-corrected chi connectivity index (χ1v) is 6.83. The van der Waals surface area contributed by atoms with Crippen molar-refractivity contribution in [2.24, 2.45) is 5.41 Å². The van der Waals surface area contributed by atoms with Crippen LogP contribution in [-0.4, -0.2) is 20.7 Å². The maximum Gasteiger partial charge on any atom is 0.0702 e. The predicted octanol–water partition coefficient (Wildman–Crippen LogP) is 3.59. The minimum Gasteiger partial charge on any atom is -0.256 e. The number of pyridine rings is 1. The summed E-state index contributed by atoms with van der Waals surface area (Å²) in [5.74, 6) is 0. The average Bonchev–Trinajstić information content (AvgIpc) is 2.38. The van der Waals surface area contributed by atoms with Gasteiger partial charge in [-0.2, -0.15) is 0 Å². The summed E-state index contributed by atoms with van der Waals surface area (Å²) in [5.41, 5.74) is 3.87. The molecule has 0 saturated carbocycles. The molecule has 2 aromatic rings. The zero-order chi connectivity index (χ0) is 15.0. The lowest BCUT2D eigenvalue weighted by molar-refractivity contribution is 0.358. The normalized spacial score (nSPS) is 12.4. The molecule has 0 spiro atoms. The van der Waals surface area contributed by atoms with Gasteiger partial charge in [-0.1, -0.05) is 61.9 Å². The van der Waals surface area contributed by atoms with Crippen LogP contribution >= 0.6 is 0 Å². The zero-order valence-electron chi connectivity index (χ0n) is 12.6. The Morgan fingerprint density at radius 1 is 0.900 bits per heavy atom. The molecule has 0 unspecified atom stereocenters. The summed E-state index contributed by atoms with van der Waals surface area (Å²) in [5, 5.41) is -0.897. The Morgan fingerprint density at radius 2 is 1.50 bits per heavy atom. The number of aryl methyl sites for hydroxylation is 1. The molecule has 98 valence electrons. The lowest BCUT2D eigenvalue weighted by Gasteiger charge is -2.40. The van der Waals surface area contributed by atoms with Crippen LogP contribution in [0.5, 0.6) is 0 Å². The van der Waals surface area contributed by atoms with E-state index in [-0.39, 0.29) is 5.41 Å². The molecule has 1 heterocycles. The largest absolute Gasteiger partial charge is 0.256 e. The van der Waals surface area contributed by atoms with Crippen LogP contribution in [0.15, 0.2) is 42.6 Å². The third-order valence-electron chi connectivity index (χ3n) is 3.83. The first kappa shape index (κ1) is 14.9. The molecule has 1 nitrogen and oxygen atoms in total. The molecular weight excluding hydrogens is 240 g/mol. The summed E-state index contributed by atoms with van der Waals surface area (Å²) in [6, 6.07) is 12.2. The predicted molar refractivity (Wildman–Crippen MR) is 87.1 cm³/mol. The average molecular weight is 259 g/mol. The zero-order valence-corrected chi connectivity index (χ0v) is 12.6. The molecule has 0 bridgehead atoms. The molecule has 1 aromatic carbocycles. The number of rotatable bonds is 2. The number of nitrogens with zero attached hydrogens (tertiary/aromatic N) is 1. The maximum absolute atomic E-state index is 6.26. The van der Waals surface area contributed by atoms with Crippen molar-refractivity contribution in [2.45, 2.75) is 32.9 Å². The molecule has 4 radical (unpaired) electrons. The Kier molecular flexibility index (Phi) is 3.82. The SMILES string of the molecule is [B]C([B])(c1ccc(-c2ccc(C)cc2)nc1)C(C)(C)C. The van der Waals surface area contributed by atoms with Crippen molar-refractivity contribution in [1.82, 2.24) is 4.98 Å². The van der Waals surface area contributed by atoms with Gasteiger partial charge in [-0.15, -0.1) is 0 Å². The van der Waals surface area contributed by atoms with Crippen molar-refractivity contribution in [3.05, 3.63) is 53.7 Å². The molecule has 0 N–H and O–H groups in total. The van der Waals surface area contributed by atoms with E-state index in [1.807, 2.05) is 32.9 Å². The van der Waals surface area contributed by atoms with E-state index in [1.165, 1.54) is 5.56 Å². The Balaban J connectivity index is 2.33. The van der Waals surface area contributed by atoms with Gasteiger partial charge in [0, 0.05) is 11.8 Å². The van der Waals surface area contributed by atoms with Gasteiger partial charge in [0.25, 0.3) is 0 Å². The van der Waals surface area contributed by atoms with Crippen LogP contribution in [0.4, 0.5) is 0 Å². The molecule has 3 heteroatoms. The quantitative estimate of drug-likeness (QED) is 0.751. The van der Waals surface area contributed by atoms with E-state index in [1.54, 1.807) is 6.20 Å². The first-order chi connectivity index (χ1) is 9.22. The van der Waals surface area contributed by atoms with Gasteiger partial charge in [-0.05, 0) is 24.0 Å². The smallest absolute Gasteiger partial charge is 0.0702 e. The monoisotopic (exact) mass is 259 g/mol. The van der Waals surface area contributed by atoms with Crippen molar-refractivity contribution < 1.29 is 0 Å². The van der Waals surface area contributed by atoms with Crippen LogP contribution in [-0.2, 0) is 5.21 Å². The first-order valence-electron chi connectivity index (χ1n) is 6.83. The molecule has 0 aliphatic heterocycles. The van der Waals surface area contributed by atoms with E-state index in [2.05, 4.69) is 36.2 Å². The van der Waals surface area contributed by atoms with Crippen LogP contribution < -0.4 is 0 Å². The molecule has 2 rings (SSSR count). The minimum absolute atomic E-state index is 0.236. The Labute approximate surface area is 124 Å². The molecule has 0 aliphatic carbocycles. The summed E-state index contributed by atoms with van der Waals surface area (Å²) in [6.07, 6.45) is 1.78. The van der Waals surface area contributed by atoms with Crippen molar-refractivity contribution in [3.8, 4) is 11.3 Å². The number of hydrogen-bond acceptors (Lipinski definition) is 1. The van der Waals surface area contributed by atoms with Gasteiger partial charge < -0.3 is 0 Å². The molecule has 0 aliphatic rings. The standard InChI is InChI=1S/C17H19B2N/c1-12-5-7-13(8-6-12)15-10-9-14(11-20-15)17(18,19)16(2,3)4/h5-11H,1-4H3. The van der Waals surface area contributed by atoms with Crippen molar-refractivity contribution in [2.75, 3.05) is 0 Å². The molecule has 1 aromatic heterocycles. The minimum atomic E-state index is -0.897. The second-order valence-electron chi connectivity index (χ2n) is 6.42. The Bertz CT molecular complexity index is 578. The van der Waals surface area contributed by atoms with Crippen LogP contribution in [0.3, 0.4) is 0 Å². The van der Waals surface area contributed by atoms with E-state index in [4.69, 9.17) is 15.7 Å². The van der Waals surface area contributed by atoms with Crippen LogP contribution in [0.25, 0.3) is 11.3 Å². The van der Waals surface area contributed by atoms with Gasteiger partial charge in [-0.3, -0.25) is 4.98 Å². The van der Waals surface area contributed by atoms with Crippen LogP contribution in [0, 0.1) is 12.3 Å². The van der Waals surface area contributed by atoms with Crippen molar-refractivity contribution in [1.29, 1.82) is 0 Å². The van der Waals surface area contributed by atoms with Crippen LogP contribution in [0.1, 0.15) is 31.9 Å². The number of hydrogen-bond donors (Lipinski definition) is 0. The van der Waals surface area contributed by atoms with Gasteiger partial charge in [-0.25, -0.2) is 0 Å². The fourth-order valence-corrected chi connectivity index (χ4v) is 1.97. The van der Waals surface area contributed by atoms with Crippen LogP contribution in [0.2, 0.25) is 0 Å². The maximum atomic E-state index is 6.26. The molecular formula is C17H19B2N. The van der Waals surface area contributed by atoms with Crippen molar-refractivity contribution in [3.63, 3.8) is 0 Å². The molecule has 0 fully saturated rings. The number of aromatic nitrogens is 1. The fourth-order valence-electron chi connectivity index (χ4n) is 1.97. The number of benzene rings is 1. The van der Waals surface area contributed by atoms with Gasteiger partial charge in [0.2, 0.25) is 0 Å². The third-order valence-corrected chi connectivity index (χ3v) is 3.83. The second-order valence-corrected chi connectivity index (χ2v) is 6.42. The van der Waals surface area contributed by atoms with Gasteiger partial charge in [0.1, 0.15) is 0 Å². The highest BCUT2D eigenvalue weighted by molar-refractivity contribution is 6.40. The highest BCUT2D eigenvalue weighted by Crippen LogP contribution is 2.36. The highest BCUT2D eigenvalue weighted by Gasteiger charge is 2.33. The van der Waals surface area contributed by atoms with Gasteiger partial charge in [0.05, 0.1) is 21.4 Å². The lowest BCUT2D eigenvalue weighted by Crippen LogP contribution is -2.41. The molecule has 0 amide bonds. The second kappa shape index (κ2) is 5.12. The van der Waals surface area contributed by atoms with E-state index >= 15 is 0 Å². The summed E-state index contributed by atoms with van der Waals surface area (Å²) in [4.78, 5) is 4.50. The fraction of sp³-hybridized carbons (Fsp3) is 0.353. The Morgan fingerprint density at radius 3 is 1.95 bits per heavy atom. The molecule has 20 heavy (non-hydrogen) atoms. The van der Waals surface area contributed by atoms with Gasteiger partial charge >= 0.3 is 0 Å². The summed E-state index contributed by atoms with van der Waals surface area (Å²) in [7, 11) is 12.5. The summed E-state index contributed by atoms with van der Waals surface area (Å²) >= 11 is 0. The topological polar surface area (TPSA) is 12.9 Å². The lowest BCUT2D eigenvalue weighted by atomic mass is 9.41. The third kappa shape index (κ3) is 2.82. The Hall–Kier alpha value is -1.50. The molecule has 0 saturated heterocycles. The summed E-state index contributed by atoms with van der Waals surface area (Å²) < 4.78 is 0. The van der Waals surface area contributed by atoms with E-state index in [0.717, 1.165) is 16.8 Å². The van der Waals surface area contributed by atoms with E-state index < -0.39 is 5.21 Å². The van der Waals surface area contributed by atoms with E-state index in [9.17, 15) is 0 Å². The van der Waals surface area contributed by atoms with E-state index in [0.29, 0.717) is 0 Å². The van der Waals surface area contributed by atoms with Gasteiger partial charge in [0.15, 0.2) is 0 Å². The summed E-state index contributed by atoms with van der Waals surface area (Å²) in [6.45, 7) is 8.16. The molecule has 0 atom stereocenters. The highest BCUT2D eigenvalue weighted by atomic mass is 14.7. The van der Waals surface area contributed by atoms with Crippen molar-refractivity contribution >= 4 is 15.7 Å².